The quantitative estimate of drug-likeness (QED) is 0.658. The molecule has 4 rings (SSSR count). The van der Waals surface area contributed by atoms with Gasteiger partial charge in [-0.3, -0.25) is 4.98 Å². The summed E-state index contributed by atoms with van der Waals surface area (Å²) in [5.74, 6) is 0. The summed E-state index contributed by atoms with van der Waals surface area (Å²) in [6.07, 6.45) is 2.28. The summed E-state index contributed by atoms with van der Waals surface area (Å²) >= 11 is 0. The molecule has 0 amide bonds. The molecule has 0 spiro atoms. The van der Waals surface area contributed by atoms with Gasteiger partial charge in [-0.05, 0) is 63.2 Å². The Morgan fingerprint density at radius 2 is 1.70 bits per heavy atom. The number of pyridine rings is 1. The number of ether oxygens (including phenoxy) is 1. The van der Waals surface area contributed by atoms with Gasteiger partial charge in [0.15, 0.2) is 0 Å². The van der Waals surface area contributed by atoms with Gasteiger partial charge in [-0.1, -0.05) is 48.5 Å². The van der Waals surface area contributed by atoms with Crippen molar-refractivity contribution >= 4 is 10.9 Å². The average molecular weight is 361 g/mol. The second-order valence-corrected chi connectivity index (χ2v) is 7.88. The lowest BCUT2D eigenvalue weighted by molar-refractivity contribution is 0.0412. The summed E-state index contributed by atoms with van der Waals surface area (Å²) in [5, 5.41) is 1.19. The molecule has 0 N–H and O–H groups in total. The fraction of sp³-hybridized carbons (Fsp3) is 0.375. The number of fused-ring (bicyclic) bond motifs is 1. The standard InChI is InChI=1S/C24H28N2O/c1-19-16-20(22-10-6-7-11-23(22)25-19)17-27-18-24(12-14-26(2)15-13-24)21-8-4-3-5-9-21/h3-11,16H,12-15,17-18H2,1-2H3. The molecule has 3 aromatic rings. The smallest absolute Gasteiger partial charge is 0.0724 e. The Labute approximate surface area is 162 Å². The summed E-state index contributed by atoms with van der Waals surface area (Å²) in [7, 11) is 2.21. The van der Waals surface area contributed by atoms with E-state index in [1.54, 1.807) is 0 Å². The van der Waals surface area contributed by atoms with E-state index in [0.29, 0.717) is 6.61 Å². The highest BCUT2D eigenvalue weighted by Crippen LogP contribution is 2.36. The second kappa shape index (κ2) is 7.79. The lowest BCUT2D eigenvalue weighted by Gasteiger charge is -2.41. The van der Waals surface area contributed by atoms with Gasteiger partial charge in [0, 0.05) is 16.5 Å². The molecule has 0 bridgehead atoms. The van der Waals surface area contributed by atoms with Crippen molar-refractivity contribution in [2.75, 3.05) is 26.7 Å². The lowest BCUT2D eigenvalue weighted by atomic mass is 9.73. The Morgan fingerprint density at radius 1 is 1.00 bits per heavy atom. The van der Waals surface area contributed by atoms with Crippen LogP contribution in [0.3, 0.4) is 0 Å². The Balaban J connectivity index is 1.54. The van der Waals surface area contributed by atoms with Crippen molar-refractivity contribution in [3.8, 4) is 0 Å². The second-order valence-electron chi connectivity index (χ2n) is 7.88. The van der Waals surface area contributed by atoms with Crippen LogP contribution < -0.4 is 0 Å². The van der Waals surface area contributed by atoms with Crippen LogP contribution in [0.4, 0.5) is 0 Å². The molecule has 1 saturated heterocycles. The van der Waals surface area contributed by atoms with Gasteiger partial charge in [0.2, 0.25) is 0 Å². The number of likely N-dealkylation sites (tertiary alicyclic amines) is 1. The van der Waals surface area contributed by atoms with E-state index in [0.717, 1.165) is 43.7 Å². The molecule has 0 radical (unpaired) electrons. The zero-order chi connectivity index (χ0) is 18.7. The van der Waals surface area contributed by atoms with Gasteiger partial charge >= 0.3 is 0 Å². The third-order valence-corrected chi connectivity index (χ3v) is 5.90. The van der Waals surface area contributed by atoms with E-state index < -0.39 is 0 Å². The first kappa shape index (κ1) is 18.1. The molecule has 0 atom stereocenters. The third kappa shape index (κ3) is 3.90. The molecule has 0 unspecified atom stereocenters. The zero-order valence-electron chi connectivity index (χ0n) is 16.3. The maximum absolute atomic E-state index is 6.37. The zero-order valence-corrected chi connectivity index (χ0v) is 16.3. The van der Waals surface area contributed by atoms with Crippen LogP contribution >= 0.6 is 0 Å². The topological polar surface area (TPSA) is 25.4 Å². The number of hydrogen-bond donors (Lipinski definition) is 0. The van der Waals surface area contributed by atoms with Crippen LogP contribution in [0.5, 0.6) is 0 Å². The first-order valence-electron chi connectivity index (χ1n) is 9.83. The van der Waals surface area contributed by atoms with Gasteiger partial charge in [0.05, 0.1) is 18.7 Å². The van der Waals surface area contributed by atoms with E-state index >= 15 is 0 Å². The molecule has 0 saturated carbocycles. The molecule has 27 heavy (non-hydrogen) atoms. The maximum Gasteiger partial charge on any atom is 0.0724 e. The summed E-state index contributed by atoms with van der Waals surface area (Å²) < 4.78 is 6.37. The minimum atomic E-state index is 0.117. The Morgan fingerprint density at radius 3 is 2.48 bits per heavy atom. The molecule has 1 aromatic heterocycles. The Hall–Kier alpha value is -2.23. The molecule has 3 heteroatoms. The van der Waals surface area contributed by atoms with E-state index in [1.165, 1.54) is 16.5 Å². The van der Waals surface area contributed by atoms with Gasteiger partial charge in [0.25, 0.3) is 0 Å². The number of piperidine rings is 1. The fourth-order valence-corrected chi connectivity index (χ4v) is 4.23. The molecule has 3 nitrogen and oxygen atoms in total. The molecule has 0 aliphatic carbocycles. The highest BCUT2D eigenvalue weighted by molar-refractivity contribution is 5.82. The Bertz CT molecular complexity index is 899. The molecule has 2 aromatic carbocycles. The van der Waals surface area contributed by atoms with Crippen LogP contribution in [0.1, 0.15) is 29.7 Å². The number of nitrogens with zero attached hydrogens (tertiary/aromatic N) is 2. The number of benzene rings is 2. The molecule has 2 heterocycles. The van der Waals surface area contributed by atoms with Crippen molar-refractivity contribution in [2.45, 2.75) is 31.8 Å². The number of aryl methyl sites for hydroxylation is 1. The average Bonchev–Trinajstić information content (AvgIpc) is 2.70. The van der Waals surface area contributed by atoms with Gasteiger partial charge in [-0.25, -0.2) is 0 Å². The highest BCUT2D eigenvalue weighted by atomic mass is 16.5. The molecule has 1 aliphatic heterocycles. The molecule has 140 valence electrons. The van der Waals surface area contributed by atoms with E-state index in [-0.39, 0.29) is 5.41 Å². The van der Waals surface area contributed by atoms with Gasteiger partial charge in [0.1, 0.15) is 0 Å². The Kier molecular flexibility index (Phi) is 5.24. The number of aromatic nitrogens is 1. The van der Waals surface area contributed by atoms with E-state index in [2.05, 4.69) is 78.5 Å². The number of para-hydroxylation sites is 1. The fourth-order valence-electron chi connectivity index (χ4n) is 4.23. The number of rotatable bonds is 5. The van der Waals surface area contributed by atoms with Gasteiger partial charge in [-0.15, -0.1) is 0 Å². The van der Waals surface area contributed by atoms with Gasteiger partial charge < -0.3 is 9.64 Å². The first-order chi connectivity index (χ1) is 13.2. The van der Waals surface area contributed by atoms with Crippen molar-refractivity contribution in [1.82, 2.24) is 9.88 Å². The third-order valence-electron chi connectivity index (χ3n) is 5.90. The summed E-state index contributed by atoms with van der Waals surface area (Å²) in [4.78, 5) is 7.06. The van der Waals surface area contributed by atoms with Crippen LogP contribution in [-0.2, 0) is 16.8 Å². The molecule has 1 fully saturated rings. The van der Waals surface area contributed by atoms with E-state index in [9.17, 15) is 0 Å². The largest absolute Gasteiger partial charge is 0.376 e. The van der Waals surface area contributed by atoms with Crippen LogP contribution in [0.25, 0.3) is 10.9 Å². The number of hydrogen-bond acceptors (Lipinski definition) is 3. The predicted molar refractivity (Wildman–Crippen MR) is 111 cm³/mol. The highest BCUT2D eigenvalue weighted by Gasteiger charge is 2.35. The molecular weight excluding hydrogens is 332 g/mol. The summed E-state index contributed by atoms with van der Waals surface area (Å²) in [6.45, 7) is 5.69. The monoisotopic (exact) mass is 360 g/mol. The lowest BCUT2D eigenvalue weighted by Crippen LogP contribution is -2.43. The normalized spacial score (nSPS) is 17.3. The summed E-state index contributed by atoms with van der Waals surface area (Å²) in [5.41, 5.74) is 4.85. The maximum atomic E-state index is 6.37. The summed E-state index contributed by atoms with van der Waals surface area (Å²) in [6, 6.07) is 21.4. The van der Waals surface area contributed by atoms with E-state index in [1.807, 2.05) is 6.07 Å². The van der Waals surface area contributed by atoms with Crippen LogP contribution in [0.15, 0.2) is 60.7 Å². The van der Waals surface area contributed by atoms with Crippen molar-refractivity contribution in [3.63, 3.8) is 0 Å². The van der Waals surface area contributed by atoms with Gasteiger partial charge in [-0.2, -0.15) is 0 Å². The van der Waals surface area contributed by atoms with E-state index in [4.69, 9.17) is 4.74 Å². The van der Waals surface area contributed by atoms with Crippen molar-refractivity contribution < 1.29 is 4.74 Å². The van der Waals surface area contributed by atoms with Crippen molar-refractivity contribution in [1.29, 1.82) is 0 Å². The molecular formula is C24H28N2O. The SMILES string of the molecule is Cc1cc(COCC2(c3ccccc3)CCN(C)CC2)c2ccccc2n1. The van der Waals surface area contributed by atoms with Crippen LogP contribution in [-0.4, -0.2) is 36.6 Å². The molecule has 1 aliphatic rings. The minimum Gasteiger partial charge on any atom is -0.376 e. The van der Waals surface area contributed by atoms with Crippen molar-refractivity contribution in [3.05, 3.63) is 77.5 Å². The minimum absolute atomic E-state index is 0.117. The predicted octanol–water partition coefficient (Wildman–Crippen LogP) is 4.72. The first-order valence-corrected chi connectivity index (χ1v) is 9.83. The van der Waals surface area contributed by atoms with Crippen LogP contribution in [0, 0.1) is 6.92 Å². The van der Waals surface area contributed by atoms with Crippen LogP contribution in [0.2, 0.25) is 0 Å². The van der Waals surface area contributed by atoms with Crippen molar-refractivity contribution in [2.24, 2.45) is 0 Å².